The first-order valence-electron chi connectivity index (χ1n) is 3.37. The highest BCUT2D eigenvalue weighted by atomic mass is 32.1. The Bertz CT molecular complexity index is 164. The van der Waals surface area contributed by atoms with E-state index in [1.54, 1.807) is 6.92 Å². The van der Waals surface area contributed by atoms with Crippen molar-refractivity contribution in [3.05, 3.63) is 0 Å². The number of carboxylic acid groups (broad SMARTS) is 2. The molecule has 2 N–H and O–H groups in total. The van der Waals surface area contributed by atoms with E-state index >= 15 is 0 Å². The van der Waals surface area contributed by atoms with Crippen LogP contribution in [0.1, 0.15) is 6.92 Å². The molecule has 0 spiro atoms. The van der Waals surface area contributed by atoms with Crippen molar-refractivity contribution < 1.29 is 19.8 Å². The first-order valence-corrected chi connectivity index (χ1v) is 4.01. The monoisotopic (exact) mass is 193 g/mol. The highest BCUT2D eigenvalue weighted by Crippen LogP contribution is 2.02. The summed E-state index contributed by atoms with van der Waals surface area (Å²) in [6, 6.07) is -1.06. The van der Waals surface area contributed by atoms with Crippen molar-refractivity contribution >= 4 is 24.7 Å². The van der Waals surface area contributed by atoms with E-state index in [2.05, 4.69) is 12.6 Å². The molecule has 0 bridgehead atoms. The van der Waals surface area contributed by atoms with Crippen molar-refractivity contribution in [2.75, 3.05) is 12.3 Å². The zero-order chi connectivity index (χ0) is 9.72. The number of amides is 1. The second kappa shape index (κ2) is 4.87. The molecule has 0 rings (SSSR count). The number of carboxylic acids is 1. The van der Waals surface area contributed by atoms with Gasteiger partial charge in [-0.15, -0.1) is 0 Å². The standard InChI is InChI=1S/C6H11NO4S/c1-2-7(6(10)11)4(3-12)5(8)9/h4,12H,2-3H2,1H3,(H,8,9)(H,10,11)/t4-/m0/s1. The molecule has 0 aliphatic rings. The van der Waals surface area contributed by atoms with Crippen LogP contribution in [-0.2, 0) is 4.79 Å². The second-order valence-corrected chi connectivity index (χ2v) is 2.47. The number of likely N-dealkylation sites (N-methyl/N-ethyl adjacent to an activating group) is 1. The van der Waals surface area contributed by atoms with Crippen LogP contribution in [0.5, 0.6) is 0 Å². The van der Waals surface area contributed by atoms with Gasteiger partial charge in [-0.2, -0.15) is 12.6 Å². The Balaban J connectivity index is 4.44. The van der Waals surface area contributed by atoms with Crippen LogP contribution in [-0.4, -0.2) is 45.5 Å². The molecule has 0 aliphatic heterocycles. The van der Waals surface area contributed by atoms with Crippen LogP contribution in [0.3, 0.4) is 0 Å². The number of hydrogen-bond acceptors (Lipinski definition) is 3. The summed E-state index contributed by atoms with van der Waals surface area (Å²) in [5, 5.41) is 17.1. The number of rotatable bonds is 4. The number of carbonyl (C=O) groups is 2. The maximum absolute atomic E-state index is 10.5. The topological polar surface area (TPSA) is 77.8 Å². The lowest BCUT2D eigenvalue weighted by Crippen LogP contribution is -2.45. The first-order chi connectivity index (χ1) is 5.54. The molecule has 0 radical (unpaired) electrons. The molecule has 0 heterocycles. The van der Waals surface area contributed by atoms with E-state index in [0.717, 1.165) is 4.90 Å². The third-order valence-electron chi connectivity index (χ3n) is 1.42. The molecule has 70 valence electrons. The van der Waals surface area contributed by atoms with Gasteiger partial charge in [0.25, 0.3) is 0 Å². The molecular weight excluding hydrogens is 182 g/mol. The Morgan fingerprint density at radius 3 is 2.08 bits per heavy atom. The Hall–Kier alpha value is -0.910. The summed E-state index contributed by atoms with van der Waals surface area (Å²) in [5.74, 6) is -1.19. The second-order valence-electron chi connectivity index (χ2n) is 2.11. The summed E-state index contributed by atoms with van der Waals surface area (Å²) in [7, 11) is 0. The molecule has 0 aromatic heterocycles. The zero-order valence-corrected chi connectivity index (χ0v) is 7.49. The number of thiol groups is 1. The minimum Gasteiger partial charge on any atom is -0.480 e. The van der Waals surface area contributed by atoms with Gasteiger partial charge in [-0.1, -0.05) is 0 Å². The van der Waals surface area contributed by atoms with E-state index in [0.29, 0.717) is 0 Å². The van der Waals surface area contributed by atoms with Gasteiger partial charge in [-0.05, 0) is 6.92 Å². The molecule has 0 saturated carbocycles. The molecule has 0 unspecified atom stereocenters. The van der Waals surface area contributed by atoms with Gasteiger partial charge in [-0.3, -0.25) is 4.90 Å². The van der Waals surface area contributed by atoms with Gasteiger partial charge in [0, 0.05) is 12.3 Å². The fraction of sp³-hybridized carbons (Fsp3) is 0.667. The normalized spacial score (nSPS) is 12.2. The van der Waals surface area contributed by atoms with E-state index in [4.69, 9.17) is 10.2 Å². The predicted octanol–water partition coefficient (Wildman–Crippen LogP) is 0.369. The molecule has 0 fully saturated rings. The quantitative estimate of drug-likeness (QED) is 0.564. The van der Waals surface area contributed by atoms with Gasteiger partial charge in [-0.25, -0.2) is 9.59 Å². The highest BCUT2D eigenvalue weighted by Gasteiger charge is 2.26. The average Bonchev–Trinajstić information content (AvgIpc) is 1.98. The summed E-state index contributed by atoms with van der Waals surface area (Å²) in [6.07, 6.45) is -1.24. The summed E-state index contributed by atoms with van der Waals surface area (Å²) in [4.78, 5) is 21.8. The molecule has 6 heteroatoms. The zero-order valence-electron chi connectivity index (χ0n) is 6.60. The molecule has 1 atom stereocenters. The molecular formula is C6H11NO4S. The van der Waals surface area contributed by atoms with Crippen molar-refractivity contribution in [2.24, 2.45) is 0 Å². The van der Waals surface area contributed by atoms with Crippen LogP contribution in [0.25, 0.3) is 0 Å². The van der Waals surface area contributed by atoms with E-state index in [9.17, 15) is 9.59 Å². The van der Waals surface area contributed by atoms with Crippen molar-refractivity contribution in [2.45, 2.75) is 13.0 Å². The lowest BCUT2D eigenvalue weighted by molar-refractivity contribution is -0.141. The Labute approximate surface area is 75.4 Å². The van der Waals surface area contributed by atoms with Crippen LogP contribution >= 0.6 is 12.6 Å². The average molecular weight is 193 g/mol. The fourth-order valence-electron chi connectivity index (χ4n) is 0.799. The molecule has 12 heavy (non-hydrogen) atoms. The first kappa shape index (κ1) is 11.1. The number of aliphatic carboxylic acids is 1. The van der Waals surface area contributed by atoms with Crippen molar-refractivity contribution in [1.29, 1.82) is 0 Å². The van der Waals surface area contributed by atoms with Gasteiger partial charge in [0.15, 0.2) is 0 Å². The molecule has 5 nitrogen and oxygen atoms in total. The highest BCUT2D eigenvalue weighted by molar-refractivity contribution is 7.80. The minimum atomic E-state index is -1.24. The molecule has 0 aliphatic carbocycles. The lowest BCUT2D eigenvalue weighted by Gasteiger charge is -2.22. The molecule has 0 aromatic rings. The Morgan fingerprint density at radius 2 is 2.00 bits per heavy atom. The summed E-state index contributed by atoms with van der Waals surface area (Å²) in [6.45, 7) is 1.72. The van der Waals surface area contributed by atoms with Gasteiger partial charge in [0.1, 0.15) is 6.04 Å². The van der Waals surface area contributed by atoms with Gasteiger partial charge in [0.2, 0.25) is 0 Å². The minimum absolute atomic E-state index is 0.0184. The van der Waals surface area contributed by atoms with Gasteiger partial charge < -0.3 is 10.2 Å². The van der Waals surface area contributed by atoms with Gasteiger partial charge >= 0.3 is 12.1 Å². The van der Waals surface area contributed by atoms with E-state index in [1.165, 1.54) is 0 Å². The summed E-state index contributed by atoms with van der Waals surface area (Å²) < 4.78 is 0. The van der Waals surface area contributed by atoms with Crippen molar-refractivity contribution in [3.8, 4) is 0 Å². The van der Waals surface area contributed by atoms with Crippen LogP contribution < -0.4 is 0 Å². The maximum atomic E-state index is 10.5. The fourth-order valence-corrected chi connectivity index (χ4v) is 1.15. The summed E-state index contributed by atoms with van der Waals surface area (Å²) >= 11 is 3.76. The third kappa shape index (κ3) is 2.61. The number of hydrogen-bond donors (Lipinski definition) is 3. The maximum Gasteiger partial charge on any atom is 0.408 e. The van der Waals surface area contributed by atoms with Crippen LogP contribution in [0.2, 0.25) is 0 Å². The van der Waals surface area contributed by atoms with E-state index < -0.39 is 18.1 Å². The van der Waals surface area contributed by atoms with Crippen molar-refractivity contribution in [3.63, 3.8) is 0 Å². The van der Waals surface area contributed by atoms with Crippen molar-refractivity contribution in [1.82, 2.24) is 4.90 Å². The van der Waals surface area contributed by atoms with Crippen LogP contribution in [0.15, 0.2) is 0 Å². The van der Waals surface area contributed by atoms with E-state index in [-0.39, 0.29) is 12.3 Å². The lowest BCUT2D eigenvalue weighted by atomic mass is 10.3. The molecule has 0 aromatic carbocycles. The van der Waals surface area contributed by atoms with Gasteiger partial charge in [0.05, 0.1) is 0 Å². The van der Waals surface area contributed by atoms with Crippen LogP contribution in [0, 0.1) is 0 Å². The van der Waals surface area contributed by atoms with E-state index in [1.807, 2.05) is 0 Å². The molecule has 0 saturated heterocycles. The largest absolute Gasteiger partial charge is 0.480 e. The number of nitrogens with zero attached hydrogens (tertiary/aromatic N) is 1. The predicted molar refractivity (Wildman–Crippen MR) is 45.7 cm³/mol. The Morgan fingerprint density at radius 1 is 1.50 bits per heavy atom. The Kier molecular flexibility index (Phi) is 4.50. The third-order valence-corrected chi connectivity index (χ3v) is 1.77. The SMILES string of the molecule is CCN(C(=O)O)[C@@H](CS)C(=O)O. The summed E-state index contributed by atoms with van der Waals surface area (Å²) in [5.41, 5.74) is 0. The molecule has 1 amide bonds. The van der Waals surface area contributed by atoms with Crippen LogP contribution in [0.4, 0.5) is 4.79 Å². The smallest absolute Gasteiger partial charge is 0.408 e.